The minimum atomic E-state index is 0.340. The van der Waals surface area contributed by atoms with Gasteiger partial charge in [0.25, 0.3) is 0 Å². The summed E-state index contributed by atoms with van der Waals surface area (Å²) in [4.78, 5) is 8.10. The third-order valence-electron chi connectivity index (χ3n) is 1.90. The number of hydrogen-bond donors (Lipinski definition) is 0. The SMILES string of the molecule is Cc1cnc(Oc2ccc([NH])cc2Cl)cn1. The Labute approximate surface area is 98.0 Å². The fraction of sp³-hybridized carbons (Fsp3) is 0.0909. The van der Waals surface area contributed by atoms with E-state index in [1.54, 1.807) is 18.3 Å². The van der Waals surface area contributed by atoms with Crippen molar-refractivity contribution in [3.8, 4) is 11.6 Å². The minimum Gasteiger partial charge on any atom is -0.436 e. The first-order valence-electron chi connectivity index (χ1n) is 4.63. The zero-order valence-electron chi connectivity index (χ0n) is 8.57. The van der Waals surface area contributed by atoms with Gasteiger partial charge in [0.2, 0.25) is 5.88 Å². The second-order valence-electron chi connectivity index (χ2n) is 3.24. The van der Waals surface area contributed by atoms with Crippen LogP contribution in [0.1, 0.15) is 5.69 Å². The van der Waals surface area contributed by atoms with Crippen molar-refractivity contribution in [1.29, 1.82) is 0 Å². The number of benzene rings is 1. The molecule has 16 heavy (non-hydrogen) atoms. The zero-order chi connectivity index (χ0) is 11.5. The van der Waals surface area contributed by atoms with Crippen LogP contribution >= 0.6 is 11.6 Å². The molecule has 0 aliphatic rings. The summed E-state index contributed by atoms with van der Waals surface area (Å²) < 4.78 is 5.43. The van der Waals surface area contributed by atoms with E-state index in [0.717, 1.165) is 5.69 Å². The van der Waals surface area contributed by atoms with Crippen LogP contribution in [0.25, 0.3) is 0 Å². The van der Waals surface area contributed by atoms with E-state index in [9.17, 15) is 0 Å². The number of ether oxygens (including phenoxy) is 1. The fourth-order valence-electron chi connectivity index (χ4n) is 1.13. The van der Waals surface area contributed by atoms with Crippen LogP contribution in [0.2, 0.25) is 5.02 Å². The smallest absolute Gasteiger partial charge is 0.237 e. The number of aromatic nitrogens is 2. The largest absolute Gasteiger partial charge is 0.436 e. The quantitative estimate of drug-likeness (QED) is 0.802. The Bertz CT molecular complexity index is 499. The van der Waals surface area contributed by atoms with Gasteiger partial charge in [0.1, 0.15) is 5.75 Å². The van der Waals surface area contributed by atoms with Crippen LogP contribution in [0.4, 0.5) is 5.69 Å². The molecule has 0 spiro atoms. The molecule has 1 heterocycles. The van der Waals surface area contributed by atoms with E-state index >= 15 is 0 Å². The third kappa shape index (κ3) is 2.41. The van der Waals surface area contributed by atoms with Crippen LogP contribution in [0, 0.1) is 6.92 Å². The van der Waals surface area contributed by atoms with Crippen molar-refractivity contribution < 1.29 is 4.74 Å². The van der Waals surface area contributed by atoms with Crippen molar-refractivity contribution >= 4 is 17.3 Å². The summed E-state index contributed by atoms with van der Waals surface area (Å²) in [7, 11) is 0. The predicted octanol–water partition coefficient (Wildman–Crippen LogP) is 3.15. The average molecular weight is 235 g/mol. The first-order chi connectivity index (χ1) is 7.65. The van der Waals surface area contributed by atoms with E-state index < -0.39 is 0 Å². The fourth-order valence-corrected chi connectivity index (χ4v) is 1.35. The lowest BCUT2D eigenvalue weighted by molar-refractivity contribution is 0.460. The van der Waals surface area contributed by atoms with E-state index in [-0.39, 0.29) is 0 Å². The van der Waals surface area contributed by atoms with Gasteiger partial charge in [0, 0.05) is 0 Å². The van der Waals surface area contributed by atoms with Crippen LogP contribution in [0.5, 0.6) is 11.6 Å². The normalized spacial score (nSPS) is 10.1. The van der Waals surface area contributed by atoms with E-state index in [1.807, 2.05) is 6.92 Å². The van der Waals surface area contributed by atoms with Gasteiger partial charge < -0.3 is 10.5 Å². The highest BCUT2D eigenvalue weighted by atomic mass is 35.5. The molecule has 0 saturated heterocycles. The topological polar surface area (TPSA) is 58.8 Å². The molecule has 0 unspecified atom stereocenters. The van der Waals surface area contributed by atoms with Crippen molar-refractivity contribution in [1.82, 2.24) is 15.7 Å². The lowest BCUT2D eigenvalue weighted by atomic mass is 10.3. The Morgan fingerprint density at radius 1 is 1.25 bits per heavy atom. The summed E-state index contributed by atoms with van der Waals surface area (Å²) >= 11 is 5.92. The summed E-state index contributed by atoms with van der Waals surface area (Å²) in [5.74, 6) is 0.848. The summed E-state index contributed by atoms with van der Waals surface area (Å²) in [6, 6.07) is 4.74. The van der Waals surface area contributed by atoms with E-state index in [2.05, 4.69) is 9.97 Å². The van der Waals surface area contributed by atoms with Crippen molar-refractivity contribution in [3.63, 3.8) is 0 Å². The van der Waals surface area contributed by atoms with Crippen molar-refractivity contribution in [2.45, 2.75) is 6.92 Å². The van der Waals surface area contributed by atoms with Crippen LogP contribution in [0.15, 0.2) is 30.6 Å². The number of hydrogen-bond acceptors (Lipinski definition) is 3. The first-order valence-corrected chi connectivity index (χ1v) is 5.00. The monoisotopic (exact) mass is 234 g/mol. The number of aryl methyl sites for hydroxylation is 1. The summed E-state index contributed by atoms with van der Waals surface area (Å²) in [6.45, 7) is 1.85. The predicted molar refractivity (Wildman–Crippen MR) is 61.1 cm³/mol. The van der Waals surface area contributed by atoms with Gasteiger partial charge in [-0.2, -0.15) is 0 Å². The second kappa shape index (κ2) is 4.37. The van der Waals surface area contributed by atoms with E-state index in [4.69, 9.17) is 22.1 Å². The Balaban J connectivity index is 2.23. The van der Waals surface area contributed by atoms with Crippen LogP contribution < -0.4 is 10.5 Å². The summed E-state index contributed by atoms with van der Waals surface area (Å²) in [6.07, 6.45) is 3.14. The molecule has 4 nitrogen and oxygen atoms in total. The van der Waals surface area contributed by atoms with Gasteiger partial charge in [-0.1, -0.05) is 11.6 Å². The maximum Gasteiger partial charge on any atom is 0.237 e. The van der Waals surface area contributed by atoms with E-state index in [0.29, 0.717) is 22.3 Å². The van der Waals surface area contributed by atoms with Gasteiger partial charge >= 0.3 is 0 Å². The summed E-state index contributed by atoms with van der Waals surface area (Å²) in [5, 5.41) is 0.384. The highest BCUT2D eigenvalue weighted by molar-refractivity contribution is 6.32. The first kappa shape index (κ1) is 10.7. The maximum atomic E-state index is 7.37. The number of nitrogens with one attached hydrogen (secondary N) is 1. The maximum absolute atomic E-state index is 7.37. The van der Waals surface area contributed by atoms with Gasteiger partial charge in [-0.15, -0.1) is 0 Å². The zero-order valence-corrected chi connectivity index (χ0v) is 9.32. The number of nitrogens with zero attached hydrogens (tertiary/aromatic N) is 2. The highest BCUT2D eigenvalue weighted by Gasteiger charge is 2.04. The Morgan fingerprint density at radius 3 is 2.69 bits per heavy atom. The number of halogens is 1. The molecule has 1 aromatic carbocycles. The molecule has 0 atom stereocenters. The number of rotatable bonds is 2. The third-order valence-corrected chi connectivity index (χ3v) is 2.20. The summed E-state index contributed by atoms with van der Waals surface area (Å²) in [5.41, 5.74) is 8.53. The molecule has 0 saturated carbocycles. The van der Waals surface area contributed by atoms with Gasteiger partial charge in [0.05, 0.1) is 28.8 Å². The molecule has 1 aromatic heterocycles. The van der Waals surface area contributed by atoms with Crippen molar-refractivity contribution in [2.24, 2.45) is 0 Å². The lowest BCUT2D eigenvalue weighted by Crippen LogP contribution is -1.91. The lowest BCUT2D eigenvalue weighted by Gasteiger charge is -2.06. The average Bonchev–Trinajstić information content (AvgIpc) is 2.25. The standard InChI is InChI=1S/C11H9ClN3O/c1-7-5-15-11(6-14-7)16-10-3-2-8(13)4-9(10)12/h2-6,13H,1H3. The Morgan fingerprint density at radius 2 is 2.06 bits per heavy atom. The molecule has 0 aliphatic heterocycles. The van der Waals surface area contributed by atoms with Gasteiger partial charge in [0.15, 0.2) is 0 Å². The Kier molecular flexibility index (Phi) is 2.92. The molecule has 0 amide bonds. The highest BCUT2D eigenvalue weighted by Crippen LogP contribution is 2.29. The molecule has 2 rings (SSSR count). The van der Waals surface area contributed by atoms with Gasteiger partial charge in [-0.05, 0) is 25.1 Å². The molecule has 2 aromatic rings. The molecule has 5 heteroatoms. The van der Waals surface area contributed by atoms with E-state index in [1.165, 1.54) is 12.3 Å². The minimum absolute atomic E-state index is 0.340. The molecule has 1 N–H and O–H groups in total. The molecule has 0 bridgehead atoms. The molecule has 81 valence electrons. The molecular weight excluding hydrogens is 226 g/mol. The molecule has 0 aliphatic carbocycles. The van der Waals surface area contributed by atoms with Gasteiger partial charge in [-0.3, -0.25) is 4.98 Å². The molecule has 0 fully saturated rings. The van der Waals surface area contributed by atoms with Crippen molar-refractivity contribution in [2.75, 3.05) is 0 Å². The van der Waals surface area contributed by atoms with Crippen molar-refractivity contribution in [3.05, 3.63) is 41.3 Å². The van der Waals surface area contributed by atoms with Crippen LogP contribution in [-0.4, -0.2) is 9.97 Å². The van der Waals surface area contributed by atoms with Gasteiger partial charge in [-0.25, -0.2) is 4.98 Å². The molecular formula is C11H9ClN3O. The van der Waals surface area contributed by atoms with Crippen LogP contribution in [0.3, 0.4) is 0 Å². The Hall–Kier alpha value is -1.81. The van der Waals surface area contributed by atoms with Crippen LogP contribution in [-0.2, 0) is 0 Å². The second-order valence-corrected chi connectivity index (χ2v) is 3.65. The molecule has 1 radical (unpaired) electrons.